The molecule has 1 fully saturated rings. The molecule has 0 atom stereocenters. The third kappa shape index (κ3) is 6.16. The summed E-state index contributed by atoms with van der Waals surface area (Å²) in [7, 11) is -3.88. The van der Waals surface area contributed by atoms with Crippen LogP contribution >= 0.6 is 0 Å². The van der Waals surface area contributed by atoms with E-state index in [1.807, 2.05) is 98.8 Å². The van der Waals surface area contributed by atoms with E-state index >= 15 is 0 Å². The fraction of sp³-hybridized carbons (Fsp3) is 0.139. The van der Waals surface area contributed by atoms with Crippen LogP contribution in [0.1, 0.15) is 17.5 Å². The number of aryl methyl sites for hydroxylation is 1. The molecule has 1 N–H and O–H groups in total. The van der Waals surface area contributed by atoms with Gasteiger partial charge in [-0.2, -0.15) is 0 Å². The molecule has 44 heavy (non-hydrogen) atoms. The number of ether oxygens (including phenoxy) is 1. The van der Waals surface area contributed by atoms with Gasteiger partial charge < -0.3 is 4.74 Å². The van der Waals surface area contributed by atoms with Crippen molar-refractivity contribution in [2.24, 2.45) is 0 Å². The Balaban J connectivity index is 1.18. The molecule has 5 aromatic carbocycles. The third-order valence-corrected chi connectivity index (χ3v) is 9.20. The van der Waals surface area contributed by atoms with Crippen molar-refractivity contribution in [1.82, 2.24) is 0 Å². The van der Waals surface area contributed by atoms with Crippen molar-refractivity contribution < 1.29 is 17.9 Å². The van der Waals surface area contributed by atoms with Gasteiger partial charge in [0.15, 0.2) is 0 Å². The number of urea groups is 1. The molecule has 0 unspecified atom stereocenters. The Bertz CT molecular complexity index is 1910. The molecule has 0 saturated carbocycles. The Labute approximate surface area is 258 Å². The van der Waals surface area contributed by atoms with Crippen LogP contribution in [0.5, 0.6) is 11.5 Å². The number of carbonyl (C=O) groups is 1. The number of nitrogens with zero attached hydrogens (tertiary/aromatic N) is 2. The summed E-state index contributed by atoms with van der Waals surface area (Å²) in [5, 5.41) is 0. The number of amides is 2. The monoisotopic (exact) mass is 603 g/mol. The highest BCUT2D eigenvalue weighted by molar-refractivity contribution is 7.92. The molecule has 0 aromatic heterocycles. The van der Waals surface area contributed by atoms with Gasteiger partial charge in [0.2, 0.25) is 0 Å². The summed E-state index contributed by atoms with van der Waals surface area (Å²) < 4.78 is 35.5. The van der Waals surface area contributed by atoms with Crippen LogP contribution in [0.4, 0.5) is 21.9 Å². The standard InChI is InChI=1S/C36H33N3O4S/c1-26-10-6-17-35(27(26)2)28-11-7-16-34(24-28)44(41,42)37-29-12-8-13-31(25-29)39-23-9-22-38(36(39)40)30-18-20-33(21-19-30)43-32-14-4-3-5-15-32/h3-8,10-21,24-25,37H,9,22-23H2,1-2H3. The summed E-state index contributed by atoms with van der Waals surface area (Å²) >= 11 is 0. The van der Waals surface area contributed by atoms with Crippen molar-refractivity contribution in [3.63, 3.8) is 0 Å². The lowest BCUT2D eigenvalue weighted by molar-refractivity contribution is 0.248. The Morgan fingerprint density at radius 1 is 0.682 bits per heavy atom. The van der Waals surface area contributed by atoms with Crippen LogP contribution in [0.2, 0.25) is 0 Å². The molecule has 0 bridgehead atoms. The van der Waals surface area contributed by atoms with E-state index in [1.54, 1.807) is 46.2 Å². The van der Waals surface area contributed by atoms with Crippen LogP contribution in [-0.2, 0) is 10.0 Å². The van der Waals surface area contributed by atoms with E-state index in [1.165, 1.54) is 0 Å². The average Bonchev–Trinajstić information content (AvgIpc) is 3.03. The van der Waals surface area contributed by atoms with Crippen molar-refractivity contribution >= 4 is 33.1 Å². The Kier molecular flexibility index (Phi) is 8.09. The summed E-state index contributed by atoms with van der Waals surface area (Å²) in [5.41, 5.74) is 5.85. The summed E-state index contributed by atoms with van der Waals surface area (Å²) in [6.07, 6.45) is 0.759. The Morgan fingerprint density at radius 3 is 2.14 bits per heavy atom. The van der Waals surface area contributed by atoms with Crippen molar-refractivity contribution in [2.45, 2.75) is 25.2 Å². The van der Waals surface area contributed by atoms with Gasteiger partial charge in [-0.1, -0.05) is 54.6 Å². The summed E-state index contributed by atoms with van der Waals surface area (Å²) in [5.74, 6) is 1.42. The number of rotatable bonds is 8. The van der Waals surface area contributed by atoms with E-state index in [2.05, 4.69) is 4.72 Å². The van der Waals surface area contributed by atoms with Gasteiger partial charge >= 0.3 is 6.03 Å². The predicted molar refractivity (Wildman–Crippen MR) is 176 cm³/mol. The summed E-state index contributed by atoms with van der Waals surface area (Å²) in [4.78, 5) is 17.2. The Morgan fingerprint density at radius 2 is 1.36 bits per heavy atom. The minimum atomic E-state index is -3.88. The molecule has 8 heteroatoms. The number of sulfonamides is 1. The lowest BCUT2D eigenvalue weighted by atomic mass is 9.97. The topological polar surface area (TPSA) is 79.0 Å². The number of benzene rings is 5. The molecule has 2 amide bonds. The van der Waals surface area contributed by atoms with Gasteiger partial charge in [-0.15, -0.1) is 0 Å². The SMILES string of the molecule is Cc1cccc(-c2cccc(S(=O)(=O)Nc3cccc(N4CCCN(c5ccc(Oc6ccccc6)cc5)C4=O)c3)c2)c1C. The predicted octanol–water partition coefficient (Wildman–Crippen LogP) is 8.40. The van der Waals surface area contributed by atoms with Crippen LogP contribution in [0, 0.1) is 13.8 Å². The molecule has 0 radical (unpaired) electrons. The average molecular weight is 604 g/mol. The zero-order chi connectivity index (χ0) is 30.7. The molecule has 1 heterocycles. The van der Waals surface area contributed by atoms with Crippen molar-refractivity contribution in [3.8, 4) is 22.6 Å². The van der Waals surface area contributed by atoms with Crippen molar-refractivity contribution in [2.75, 3.05) is 27.6 Å². The highest BCUT2D eigenvalue weighted by Gasteiger charge is 2.28. The molecule has 1 saturated heterocycles. The largest absolute Gasteiger partial charge is 0.457 e. The maximum Gasteiger partial charge on any atom is 0.328 e. The highest BCUT2D eigenvalue weighted by atomic mass is 32.2. The first-order valence-electron chi connectivity index (χ1n) is 14.5. The summed E-state index contributed by atoms with van der Waals surface area (Å²) in [6.45, 7) is 5.18. The van der Waals surface area contributed by atoms with Gasteiger partial charge in [-0.05, 0) is 109 Å². The van der Waals surface area contributed by atoms with Gasteiger partial charge in [0.05, 0.1) is 10.6 Å². The number of anilines is 3. The molecular formula is C36H33N3O4S. The number of carbonyl (C=O) groups excluding carboxylic acids is 1. The first-order valence-corrected chi connectivity index (χ1v) is 16.0. The minimum Gasteiger partial charge on any atom is -0.457 e. The normalized spacial score (nSPS) is 13.5. The van der Waals surface area contributed by atoms with Crippen LogP contribution in [0.15, 0.2) is 126 Å². The minimum absolute atomic E-state index is 0.168. The molecule has 5 aromatic rings. The lowest BCUT2D eigenvalue weighted by Gasteiger charge is -2.35. The molecule has 7 nitrogen and oxygen atoms in total. The number of hydrogen-bond acceptors (Lipinski definition) is 4. The fourth-order valence-corrected chi connectivity index (χ4v) is 6.46. The van der Waals surface area contributed by atoms with E-state index in [9.17, 15) is 13.2 Å². The number of para-hydroxylation sites is 1. The van der Waals surface area contributed by atoms with Gasteiger partial charge in [0, 0.05) is 24.5 Å². The molecule has 1 aliphatic heterocycles. The van der Waals surface area contributed by atoms with Crippen LogP contribution in [0.25, 0.3) is 11.1 Å². The maximum atomic E-state index is 13.6. The summed E-state index contributed by atoms with van der Waals surface area (Å²) in [6, 6.07) is 36.7. The van der Waals surface area contributed by atoms with Gasteiger partial charge in [0.1, 0.15) is 11.5 Å². The zero-order valence-corrected chi connectivity index (χ0v) is 25.4. The fourth-order valence-electron chi connectivity index (χ4n) is 5.37. The Hall–Kier alpha value is -5.08. The first kappa shape index (κ1) is 29.0. The van der Waals surface area contributed by atoms with Crippen molar-refractivity contribution in [1.29, 1.82) is 0 Å². The van der Waals surface area contributed by atoms with Crippen LogP contribution in [-0.4, -0.2) is 27.5 Å². The van der Waals surface area contributed by atoms with Crippen LogP contribution < -0.4 is 19.3 Å². The second kappa shape index (κ2) is 12.3. The van der Waals surface area contributed by atoms with E-state index in [-0.39, 0.29) is 10.9 Å². The van der Waals surface area contributed by atoms with Gasteiger partial charge in [-0.25, -0.2) is 13.2 Å². The van der Waals surface area contributed by atoms with E-state index < -0.39 is 10.0 Å². The van der Waals surface area contributed by atoms with Crippen LogP contribution in [0.3, 0.4) is 0 Å². The van der Waals surface area contributed by atoms with Gasteiger partial charge in [0.25, 0.3) is 10.0 Å². The smallest absolute Gasteiger partial charge is 0.328 e. The lowest BCUT2D eigenvalue weighted by Crippen LogP contribution is -2.49. The van der Waals surface area contributed by atoms with E-state index in [0.29, 0.717) is 30.2 Å². The molecule has 0 spiro atoms. The number of nitrogens with one attached hydrogen (secondary N) is 1. The third-order valence-electron chi connectivity index (χ3n) is 7.82. The maximum absolute atomic E-state index is 13.6. The second-order valence-electron chi connectivity index (χ2n) is 10.8. The van der Waals surface area contributed by atoms with E-state index in [0.717, 1.165) is 40.1 Å². The zero-order valence-electron chi connectivity index (χ0n) is 24.6. The molecule has 0 aliphatic carbocycles. The highest BCUT2D eigenvalue weighted by Crippen LogP contribution is 2.31. The number of hydrogen-bond donors (Lipinski definition) is 1. The molecule has 6 rings (SSSR count). The molecule has 1 aliphatic rings. The second-order valence-corrected chi connectivity index (χ2v) is 12.5. The van der Waals surface area contributed by atoms with E-state index in [4.69, 9.17) is 4.74 Å². The first-order chi connectivity index (χ1) is 21.3. The molecular weight excluding hydrogens is 570 g/mol. The quantitative estimate of drug-likeness (QED) is 0.193. The molecule has 222 valence electrons. The van der Waals surface area contributed by atoms with Gasteiger partial charge in [-0.3, -0.25) is 14.5 Å². The van der Waals surface area contributed by atoms with Crippen molar-refractivity contribution in [3.05, 3.63) is 132 Å².